The predicted molar refractivity (Wildman–Crippen MR) is 207 cm³/mol. The van der Waals surface area contributed by atoms with Gasteiger partial charge in [0.05, 0.1) is 13.2 Å². The molecule has 0 spiro atoms. The molecule has 2 heterocycles. The lowest BCUT2D eigenvalue weighted by Gasteiger charge is -2.39. The molecule has 54 heavy (non-hydrogen) atoms. The number of hydrogen-bond donors (Lipinski definition) is 4. The van der Waals surface area contributed by atoms with Crippen LogP contribution in [-0.4, -0.2) is 94.7 Å². The molecule has 0 bridgehead atoms. The van der Waals surface area contributed by atoms with Crippen LogP contribution in [0, 0.1) is 12.3 Å². The summed E-state index contributed by atoms with van der Waals surface area (Å²) >= 11 is 0. The lowest BCUT2D eigenvalue weighted by Crippen LogP contribution is -2.59. The molecule has 0 aromatic rings. The number of carbonyl (C=O) groups excluding carboxylic acids is 2. The summed E-state index contributed by atoms with van der Waals surface area (Å²) < 4.78 is 22.1. The van der Waals surface area contributed by atoms with Crippen LogP contribution in [0.1, 0.15) is 142 Å². The molecular formula is C42H68N2O10. The Bertz CT molecular complexity index is 1170. The summed E-state index contributed by atoms with van der Waals surface area (Å²) in [5, 5.41) is 48.5. The van der Waals surface area contributed by atoms with Crippen molar-refractivity contribution in [1.82, 2.24) is 0 Å². The molecule has 2 aliphatic heterocycles. The molecule has 2 aliphatic rings. The molecule has 12 nitrogen and oxygen atoms in total. The molecule has 1 fully saturated rings. The van der Waals surface area contributed by atoms with Crippen molar-refractivity contribution in [3.63, 3.8) is 0 Å². The molecule has 0 unspecified atom stereocenters. The van der Waals surface area contributed by atoms with Gasteiger partial charge >= 0.3 is 11.9 Å². The van der Waals surface area contributed by atoms with E-state index in [1.807, 2.05) is 0 Å². The second-order valence-electron chi connectivity index (χ2n) is 14.3. The number of rotatable bonds is 32. The molecule has 0 aliphatic carbocycles. The summed E-state index contributed by atoms with van der Waals surface area (Å²) in [7, 11) is 0. The molecule has 0 radical (unpaired) electrons. The zero-order valence-electron chi connectivity index (χ0n) is 32.6. The third-order valence-corrected chi connectivity index (χ3v) is 9.54. The fourth-order valence-electron chi connectivity index (χ4n) is 6.17. The number of nitrogens with zero attached hydrogens (tertiary/aromatic N) is 2. The van der Waals surface area contributed by atoms with E-state index in [2.05, 4.69) is 59.5 Å². The first kappa shape index (κ1) is 47.2. The number of carbonyl (C=O) groups is 2. The van der Waals surface area contributed by atoms with Crippen molar-refractivity contribution in [2.75, 3.05) is 19.8 Å². The SMILES string of the molecule is C#CCCCC1(CCCCCCCCC(=O)O[C@H](COC(=O)CCCCCCC/C=C\C/C=C\C/C=C\CC)CO[C@@H]2O[C@H](CO)[C@H](O)[C@H](O)[C@H]2O)N=N1. The summed E-state index contributed by atoms with van der Waals surface area (Å²) in [6.07, 6.45) is 28.7. The Labute approximate surface area is 323 Å². The Morgan fingerprint density at radius 3 is 2.00 bits per heavy atom. The highest BCUT2D eigenvalue weighted by atomic mass is 16.7. The first-order valence-corrected chi connectivity index (χ1v) is 20.3. The minimum atomic E-state index is -1.61. The van der Waals surface area contributed by atoms with E-state index < -0.39 is 55.4 Å². The van der Waals surface area contributed by atoms with Crippen LogP contribution < -0.4 is 0 Å². The van der Waals surface area contributed by atoms with Crippen molar-refractivity contribution >= 4 is 11.9 Å². The summed E-state index contributed by atoms with van der Waals surface area (Å²) in [4.78, 5) is 25.3. The maximum absolute atomic E-state index is 12.7. The number of esters is 2. The summed E-state index contributed by atoms with van der Waals surface area (Å²) in [5.74, 6) is 1.78. The van der Waals surface area contributed by atoms with E-state index in [4.69, 9.17) is 25.4 Å². The fraction of sp³-hybridized carbons (Fsp3) is 0.762. The van der Waals surface area contributed by atoms with Crippen LogP contribution in [0.3, 0.4) is 0 Å². The van der Waals surface area contributed by atoms with Gasteiger partial charge in [0.1, 0.15) is 31.0 Å². The Morgan fingerprint density at radius 1 is 0.759 bits per heavy atom. The average Bonchev–Trinajstić information content (AvgIpc) is 3.94. The van der Waals surface area contributed by atoms with E-state index >= 15 is 0 Å². The average molecular weight is 761 g/mol. The van der Waals surface area contributed by atoms with Gasteiger partial charge in [0.15, 0.2) is 18.1 Å². The molecule has 1 saturated heterocycles. The van der Waals surface area contributed by atoms with Gasteiger partial charge in [-0.1, -0.05) is 88.3 Å². The number of unbranched alkanes of at least 4 members (excludes halogenated alkanes) is 11. The molecule has 0 saturated carbocycles. The maximum atomic E-state index is 12.7. The van der Waals surface area contributed by atoms with E-state index in [1.165, 1.54) is 0 Å². The second kappa shape index (κ2) is 29.4. The van der Waals surface area contributed by atoms with E-state index in [-0.39, 0.29) is 31.7 Å². The third-order valence-electron chi connectivity index (χ3n) is 9.54. The standard InChI is InChI=1S/C42H68N2O10/c1-3-5-7-8-9-10-11-12-13-14-15-16-17-20-23-27-36(46)51-32-34(33-52-41-40(50)39(49)38(48)35(31-45)54-41)53-37(47)28-24-21-18-19-22-26-30-42(43-44-42)29-25-6-4-2/h2,5,7,9-10,12-13,34-35,38-41,45,48-50H,3,6,8,11,14-33H2,1H3/b7-5-,10-9-,13-12-/t34-,35-,38+,39+,40-,41-/m1/s1. The highest BCUT2D eigenvalue weighted by Crippen LogP contribution is 2.38. The number of allylic oxidation sites excluding steroid dienone is 6. The topological polar surface area (TPSA) is 177 Å². The Kier molecular flexibility index (Phi) is 25.7. The minimum absolute atomic E-state index is 0.185. The molecule has 12 heteroatoms. The maximum Gasteiger partial charge on any atom is 0.306 e. The minimum Gasteiger partial charge on any atom is -0.462 e. The van der Waals surface area contributed by atoms with Gasteiger partial charge in [0, 0.05) is 19.3 Å². The number of hydrogen-bond acceptors (Lipinski definition) is 12. The van der Waals surface area contributed by atoms with Crippen molar-refractivity contribution in [3.05, 3.63) is 36.5 Å². The second-order valence-corrected chi connectivity index (χ2v) is 14.3. The summed E-state index contributed by atoms with van der Waals surface area (Å²) in [5.41, 5.74) is -0.195. The molecule has 306 valence electrons. The van der Waals surface area contributed by atoms with Gasteiger partial charge in [-0.2, -0.15) is 10.2 Å². The first-order valence-electron chi connectivity index (χ1n) is 20.3. The van der Waals surface area contributed by atoms with Gasteiger partial charge in [0.25, 0.3) is 0 Å². The molecule has 6 atom stereocenters. The Balaban J connectivity index is 1.67. The monoisotopic (exact) mass is 760 g/mol. The molecule has 2 rings (SSSR count). The zero-order chi connectivity index (χ0) is 39.3. The van der Waals surface area contributed by atoms with E-state index in [0.29, 0.717) is 12.8 Å². The van der Waals surface area contributed by atoms with E-state index in [9.17, 15) is 30.0 Å². The third kappa shape index (κ3) is 21.2. The number of aliphatic hydroxyl groups excluding tert-OH is 4. The normalized spacial score (nSPS) is 22.6. The quantitative estimate of drug-likeness (QED) is 0.0243. The van der Waals surface area contributed by atoms with Crippen LogP contribution in [-0.2, 0) is 28.5 Å². The van der Waals surface area contributed by atoms with Crippen LogP contribution in [0.2, 0.25) is 0 Å². The zero-order valence-corrected chi connectivity index (χ0v) is 32.6. The predicted octanol–water partition coefficient (Wildman–Crippen LogP) is 6.93. The van der Waals surface area contributed by atoms with Gasteiger partial charge in [-0.15, -0.1) is 12.3 Å². The number of ether oxygens (including phenoxy) is 4. The van der Waals surface area contributed by atoms with Crippen LogP contribution in [0.15, 0.2) is 46.7 Å². The summed E-state index contributed by atoms with van der Waals surface area (Å²) in [6, 6.07) is 0. The summed E-state index contributed by atoms with van der Waals surface area (Å²) in [6.45, 7) is 0.978. The van der Waals surface area contributed by atoms with Crippen molar-refractivity contribution in [2.45, 2.75) is 184 Å². The van der Waals surface area contributed by atoms with Crippen LogP contribution >= 0.6 is 0 Å². The van der Waals surface area contributed by atoms with Crippen molar-refractivity contribution < 1.29 is 49.0 Å². The van der Waals surface area contributed by atoms with E-state index in [0.717, 1.165) is 109 Å². The first-order chi connectivity index (χ1) is 26.2. The van der Waals surface area contributed by atoms with Gasteiger partial charge in [-0.3, -0.25) is 9.59 Å². The molecule has 0 aromatic heterocycles. The van der Waals surface area contributed by atoms with Crippen molar-refractivity contribution in [2.24, 2.45) is 10.2 Å². The highest BCUT2D eigenvalue weighted by Gasteiger charge is 2.44. The Hall–Kier alpha value is -2.92. The lowest BCUT2D eigenvalue weighted by atomic mass is 9.98. The lowest BCUT2D eigenvalue weighted by molar-refractivity contribution is -0.305. The van der Waals surface area contributed by atoms with Crippen LogP contribution in [0.5, 0.6) is 0 Å². The molecule has 0 amide bonds. The van der Waals surface area contributed by atoms with Crippen LogP contribution in [0.25, 0.3) is 0 Å². The Morgan fingerprint density at radius 2 is 1.35 bits per heavy atom. The number of terminal acetylenes is 1. The van der Waals surface area contributed by atoms with Gasteiger partial charge < -0.3 is 39.4 Å². The van der Waals surface area contributed by atoms with Crippen molar-refractivity contribution in [1.29, 1.82) is 0 Å². The smallest absolute Gasteiger partial charge is 0.306 e. The highest BCUT2D eigenvalue weighted by molar-refractivity contribution is 5.70. The van der Waals surface area contributed by atoms with Crippen molar-refractivity contribution in [3.8, 4) is 12.3 Å². The van der Waals surface area contributed by atoms with Gasteiger partial charge in [-0.05, 0) is 70.6 Å². The van der Waals surface area contributed by atoms with Crippen LogP contribution in [0.4, 0.5) is 0 Å². The largest absolute Gasteiger partial charge is 0.462 e. The number of aliphatic hydroxyl groups is 4. The molecule has 0 aromatic carbocycles. The molecule has 4 N–H and O–H groups in total. The fourth-order valence-corrected chi connectivity index (χ4v) is 6.17. The van der Waals surface area contributed by atoms with Gasteiger partial charge in [0.2, 0.25) is 0 Å². The van der Waals surface area contributed by atoms with Gasteiger partial charge in [-0.25, -0.2) is 0 Å². The molecular weight excluding hydrogens is 692 g/mol. The van der Waals surface area contributed by atoms with E-state index in [1.54, 1.807) is 0 Å².